The minimum absolute atomic E-state index is 0. The summed E-state index contributed by atoms with van der Waals surface area (Å²) < 4.78 is 5.36. The average molecular weight is 284 g/mol. The molecular weight excluding hydrogens is 263 g/mol. The van der Waals surface area contributed by atoms with Gasteiger partial charge in [-0.3, -0.25) is 4.99 Å². The predicted molar refractivity (Wildman–Crippen MR) is 76.0 cm³/mol. The van der Waals surface area contributed by atoms with E-state index in [0.29, 0.717) is 17.6 Å². The smallest absolute Gasteiger partial charge is 0.804 e. The fourth-order valence-electron chi connectivity index (χ4n) is 2.80. The Labute approximate surface area is 158 Å². The maximum atomic E-state index is 9.77. The molecule has 1 aliphatic carbocycles. The Morgan fingerprint density at radius 3 is 2.53 bits per heavy atom. The van der Waals surface area contributed by atoms with E-state index in [2.05, 4.69) is 27.7 Å². The van der Waals surface area contributed by atoms with Crippen LogP contribution in [0.5, 0.6) is 0 Å². The second kappa shape index (κ2) is 6.35. The van der Waals surface area contributed by atoms with Crippen LogP contribution in [-0.4, -0.2) is 24.1 Å². The molecule has 0 saturated carbocycles. The molecule has 0 fully saturated rings. The third kappa shape index (κ3) is 2.98. The number of methoxy groups -OCH3 is 1. The maximum absolute atomic E-state index is 9.77. The zero-order chi connectivity index (χ0) is 13.5. The second-order valence-electron chi connectivity index (χ2n) is 5.49. The third-order valence-corrected chi connectivity index (χ3v) is 4.61. The summed E-state index contributed by atoms with van der Waals surface area (Å²) in [7, 11) is 1.62. The second-order valence-corrected chi connectivity index (χ2v) is 5.49. The van der Waals surface area contributed by atoms with Crippen LogP contribution in [0.1, 0.15) is 34.1 Å². The Bertz CT molecular complexity index is 479. The van der Waals surface area contributed by atoms with Gasteiger partial charge in [0.25, 0.3) is 0 Å². The Balaban J connectivity index is 0.00000180. The van der Waals surface area contributed by atoms with E-state index >= 15 is 0 Å². The number of ether oxygens (including phenoxy) is 1. The van der Waals surface area contributed by atoms with Crippen LogP contribution in [0.4, 0.5) is 0 Å². The molecule has 0 bridgehead atoms. The largest absolute Gasteiger partial charge is 1.00 e. The molecule has 1 aliphatic heterocycles. The number of fused-ring (bicyclic) bond motifs is 1. The summed E-state index contributed by atoms with van der Waals surface area (Å²) in [5.41, 5.74) is 2.19. The van der Waals surface area contributed by atoms with Gasteiger partial charge in [0.15, 0.2) is 0 Å². The van der Waals surface area contributed by atoms with Gasteiger partial charge in [-0.05, 0) is 36.8 Å². The standard InChI is InChI=1S/C15H21N2O.K/c1-6-15(4)10(3)9(2)12-7-11(16)8-13(18-5)14(12)17-15;/h7-10H,6H2,1-5H3;/q-1;+1. The van der Waals surface area contributed by atoms with Gasteiger partial charge in [0.2, 0.25) is 0 Å². The van der Waals surface area contributed by atoms with Crippen molar-refractivity contribution in [1.82, 2.24) is 0 Å². The van der Waals surface area contributed by atoms with Gasteiger partial charge in [0.1, 0.15) is 11.5 Å². The van der Waals surface area contributed by atoms with Gasteiger partial charge in [-0.2, -0.15) is 5.71 Å². The van der Waals surface area contributed by atoms with E-state index < -0.39 is 0 Å². The summed E-state index contributed by atoms with van der Waals surface area (Å²) >= 11 is 0. The Kier molecular flexibility index (Phi) is 5.79. The van der Waals surface area contributed by atoms with Gasteiger partial charge >= 0.3 is 51.4 Å². The van der Waals surface area contributed by atoms with Crippen LogP contribution in [0.15, 0.2) is 28.5 Å². The van der Waals surface area contributed by atoms with Gasteiger partial charge in [0.05, 0.1) is 12.6 Å². The third-order valence-electron chi connectivity index (χ3n) is 4.61. The molecule has 0 radical (unpaired) electrons. The van der Waals surface area contributed by atoms with Crippen molar-refractivity contribution in [3.63, 3.8) is 0 Å². The maximum Gasteiger partial charge on any atom is 1.00 e. The van der Waals surface area contributed by atoms with Crippen LogP contribution in [0, 0.1) is 11.8 Å². The monoisotopic (exact) mass is 284 g/mol. The minimum Gasteiger partial charge on any atom is -0.804 e. The summed E-state index contributed by atoms with van der Waals surface area (Å²) in [6.07, 6.45) is 4.46. The van der Waals surface area contributed by atoms with Crippen molar-refractivity contribution in [2.24, 2.45) is 16.8 Å². The SMILES string of the molecule is CCC1(C)N=C2C(OC)=CC(=[N-])C=C2C(C)C1C.[K+]. The Morgan fingerprint density at radius 2 is 2.00 bits per heavy atom. The van der Waals surface area contributed by atoms with Crippen LogP contribution in [0.3, 0.4) is 0 Å². The van der Waals surface area contributed by atoms with Crippen molar-refractivity contribution in [2.45, 2.75) is 39.7 Å². The number of allylic oxidation sites excluding steroid dienone is 3. The van der Waals surface area contributed by atoms with Gasteiger partial charge in [0, 0.05) is 0 Å². The summed E-state index contributed by atoms with van der Waals surface area (Å²) in [5, 5.41) is 9.77. The van der Waals surface area contributed by atoms with E-state index in [-0.39, 0.29) is 62.6 Å². The summed E-state index contributed by atoms with van der Waals surface area (Å²) in [6, 6.07) is 0. The summed E-state index contributed by atoms with van der Waals surface area (Å²) in [5.74, 6) is 1.48. The normalized spacial score (nSPS) is 33.5. The molecule has 4 heteroatoms. The van der Waals surface area contributed by atoms with Crippen LogP contribution in [-0.2, 0) is 4.74 Å². The van der Waals surface area contributed by atoms with Crippen molar-refractivity contribution >= 4 is 11.4 Å². The molecule has 19 heavy (non-hydrogen) atoms. The number of nitrogens with zero attached hydrogens (tertiary/aromatic N) is 2. The first-order chi connectivity index (χ1) is 8.42. The van der Waals surface area contributed by atoms with Gasteiger partial charge in [-0.25, -0.2) is 0 Å². The fraction of sp³-hybridized carbons (Fsp3) is 0.600. The first kappa shape index (κ1) is 17.3. The molecule has 3 atom stereocenters. The van der Waals surface area contributed by atoms with E-state index in [1.165, 1.54) is 0 Å². The molecule has 3 unspecified atom stereocenters. The molecule has 0 aromatic rings. The van der Waals surface area contributed by atoms with Crippen molar-refractivity contribution in [3.8, 4) is 0 Å². The predicted octanol–water partition coefficient (Wildman–Crippen LogP) is 0.367. The molecular formula is C15H21KN2O. The molecule has 98 valence electrons. The zero-order valence-electron chi connectivity index (χ0n) is 12.8. The summed E-state index contributed by atoms with van der Waals surface area (Å²) in [6.45, 7) is 8.80. The average Bonchev–Trinajstić information content (AvgIpc) is 2.36. The van der Waals surface area contributed by atoms with E-state index in [1.54, 1.807) is 13.2 Å². The fourth-order valence-corrected chi connectivity index (χ4v) is 2.80. The van der Waals surface area contributed by atoms with Crippen molar-refractivity contribution in [3.05, 3.63) is 28.9 Å². The molecule has 0 spiro atoms. The zero-order valence-corrected chi connectivity index (χ0v) is 15.9. The van der Waals surface area contributed by atoms with Crippen LogP contribution < -0.4 is 51.4 Å². The van der Waals surface area contributed by atoms with Crippen LogP contribution in [0.2, 0.25) is 0 Å². The van der Waals surface area contributed by atoms with E-state index in [1.807, 2.05) is 6.08 Å². The quantitative estimate of drug-likeness (QED) is 0.533. The molecule has 0 aromatic carbocycles. The number of hydrogen-bond donors (Lipinski definition) is 0. The molecule has 0 amide bonds. The van der Waals surface area contributed by atoms with E-state index in [0.717, 1.165) is 17.7 Å². The molecule has 0 aromatic heterocycles. The van der Waals surface area contributed by atoms with Gasteiger partial charge < -0.3 is 10.1 Å². The van der Waals surface area contributed by atoms with Crippen molar-refractivity contribution in [1.29, 1.82) is 0 Å². The Hall–Kier alpha value is 0.256. The van der Waals surface area contributed by atoms with Crippen LogP contribution >= 0.6 is 0 Å². The number of aliphatic imine (C=N–C) groups is 1. The first-order valence-corrected chi connectivity index (χ1v) is 6.56. The topological polar surface area (TPSA) is 43.9 Å². The van der Waals surface area contributed by atoms with Crippen molar-refractivity contribution in [2.75, 3.05) is 7.11 Å². The van der Waals surface area contributed by atoms with E-state index in [4.69, 9.17) is 9.73 Å². The van der Waals surface area contributed by atoms with Crippen molar-refractivity contribution < 1.29 is 56.1 Å². The molecule has 2 aliphatic rings. The minimum atomic E-state index is -0.0589. The molecule has 3 nitrogen and oxygen atoms in total. The Morgan fingerprint density at radius 1 is 1.37 bits per heavy atom. The molecule has 1 heterocycles. The number of rotatable bonds is 2. The molecule has 0 N–H and O–H groups in total. The molecule has 2 rings (SSSR count). The number of hydrogen-bond acceptors (Lipinski definition) is 2. The van der Waals surface area contributed by atoms with Gasteiger partial charge in [-0.15, -0.1) is 0 Å². The van der Waals surface area contributed by atoms with Crippen LogP contribution in [0.25, 0.3) is 5.41 Å². The summed E-state index contributed by atoms with van der Waals surface area (Å²) in [4.78, 5) is 4.90. The van der Waals surface area contributed by atoms with Gasteiger partial charge in [-0.1, -0.05) is 26.8 Å². The molecule has 0 saturated heterocycles. The van der Waals surface area contributed by atoms with E-state index in [9.17, 15) is 5.41 Å². The first-order valence-electron chi connectivity index (χ1n) is 6.56.